The summed E-state index contributed by atoms with van der Waals surface area (Å²) in [7, 11) is 0. The molecule has 0 fully saturated rings. The highest BCUT2D eigenvalue weighted by Crippen LogP contribution is 2.02. The zero-order chi connectivity index (χ0) is 6.62. The lowest BCUT2D eigenvalue weighted by Gasteiger charge is -2.09. The lowest BCUT2D eigenvalue weighted by molar-refractivity contribution is 0.133. The van der Waals surface area contributed by atoms with Crippen LogP contribution in [0.1, 0.15) is 27.2 Å². The number of allylic oxidation sites excluding steroid dienone is 1. The van der Waals surface area contributed by atoms with Crippen molar-refractivity contribution in [2.75, 3.05) is 0 Å². The second kappa shape index (κ2) is 2.88. The fourth-order valence-corrected chi connectivity index (χ4v) is 0.406. The molecule has 0 spiro atoms. The fraction of sp³-hybridized carbons (Fsp3) is 0.714. The van der Waals surface area contributed by atoms with E-state index in [2.05, 4.69) is 0 Å². The third kappa shape index (κ3) is 5.70. The van der Waals surface area contributed by atoms with Crippen molar-refractivity contribution in [3.63, 3.8) is 0 Å². The molecule has 0 atom stereocenters. The third-order valence-electron chi connectivity index (χ3n) is 0.761. The van der Waals surface area contributed by atoms with Gasteiger partial charge in [0.25, 0.3) is 0 Å². The largest absolute Gasteiger partial charge is 0.386 e. The molecule has 0 saturated carbocycles. The maximum atomic E-state index is 9.06. The topological polar surface area (TPSA) is 20.2 Å². The molecule has 0 aliphatic rings. The molecule has 0 amide bonds. The molecule has 1 nitrogen and oxygen atoms in total. The smallest absolute Gasteiger partial charge is 0.0771 e. The van der Waals surface area contributed by atoms with Crippen LogP contribution < -0.4 is 0 Å². The average molecular weight is 114 g/mol. The van der Waals surface area contributed by atoms with Crippen LogP contribution in [0.4, 0.5) is 0 Å². The van der Waals surface area contributed by atoms with Gasteiger partial charge in [-0.15, -0.1) is 0 Å². The highest BCUT2D eigenvalue weighted by atomic mass is 16.3. The summed E-state index contributed by atoms with van der Waals surface area (Å²) in [6, 6.07) is 0. The van der Waals surface area contributed by atoms with E-state index in [0.29, 0.717) is 0 Å². The van der Waals surface area contributed by atoms with Gasteiger partial charge in [-0.3, -0.25) is 0 Å². The Labute approximate surface area is 51.0 Å². The summed E-state index contributed by atoms with van der Waals surface area (Å²) in [5.41, 5.74) is -0.629. The van der Waals surface area contributed by atoms with Gasteiger partial charge in [0, 0.05) is 0 Å². The molecule has 0 aromatic carbocycles. The molecule has 0 unspecified atom stereocenters. The van der Waals surface area contributed by atoms with E-state index in [9.17, 15) is 0 Å². The van der Waals surface area contributed by atoms with Crippen LogP contribution in [0.25, 0.3) is 0 Å². The molecule has 0 heterocycles. The van der Waals surface area contributed by atoms with Crippen LogP contribution in [0.3, 0.4) is 0 Å². The van der Waals surface area contributed by atoms with E-state index in [0.717, 1.165) is 6.42 Å². The maximum Gasteiger partial charge on any atom is 0.0771 e. The maximum absolute atomic E-state index is 9.06. The molecule has 8 heavy (non-hydrogen) atoms. The minimum absolute atomic E-state index is 0.629. The minimum Gasteiger partial charge on any atom is -0.386 e. The first-order chi connectivity index (χ1) is 3.56. The van der Waals surface area contributed by atoms with Gasteiger partial charge >= 0.3 is 0 Å². The zero-order valence-corrected chi connectivity index (χ0v) is 5.81. The lowest BCUT2D eigenvalue weighted by Crippen LogP contribution is -2.13. The zero-order valence-electron chi connectivity index (χ0n) is 5.81. The van der Waals surface area contributed by atoms with Crippen molar-refractivity contribution in [1.82, 2.24) is 0 Å². The van der Waals surface area contributed by atoms with Gasteiger partial charge in [-0.05, 0) is 20.3 Å². The molecule has 0 rings (SSSR count). The summed E-state index contributed by atoms with van der Waals surface area (Å²) in [5.74, 6) is 0. The quantitative estimate of drug-likeness (QED) is 0.542. The molecule has 0 saturated heterocycles. The minimum atomic E-state index is -0.629. The first-order valence-electron chi connectivity index (χ1n) is 2.96. The summed E-state index contributed by atoms with van der Waals surface area (Å²) in [5, 5.41) is 9.06. The molecule has 0 aromatic heterocycles. The standard InChI is InChI=1S/C7H14O/c1-4-5-6-7(2,3)8/h5-6,8H,4H2,1-3H3. The Morgan fingerprint density at radius 3 is 2.12 bits per heavy atom. The number of hydrogen-bond donors (Lipinski definition) is 1. The fourth-order valence-electron chi connectivity index (χ4n) is 0.406. The third-order valence-corrected chi connectivity index (χ3v) is 0.761. The molecule has 0 aromatic rings. The number of aliphatic hydroxyl groups is 1. The van der Waals surface area contributed by atoms with E-state index in [1.165, 1.54) is 0 Å². The Hall–Kier alpha value is -0.300. The molecular weight excluding hydrogens is 100 g/mol. The summed E-state index contributed by atoms with van der Waals surface area (Å²) < 4.78 is 0. The van der Waals surface area contributed by atoms with Gasteiger partial charge in [0.05, 0.1) is 5.60 Å². The first-order valence-corrected chi connectivity index (χ1v) is 2.96. The van der Waals surface area contributed by atoms with Crippen molar-refractivity contribution in [3.05, 3.63) is 12.2 Å². The molecule has 0 bridgehead atoms. The lowest BCUT2D eigenvalue weighted by atomic mass is 10.1. The highest BCUT2D eigenvalue weighted by Gasteiger charge is 2.03. The van der Waals surface area contributed by atoms with Gasteiger partial charge < -0.3 is 5.11 Å². The van der Waals surface area contributed by atoms with Crippen LogP contribution in [-0.4, -0.2) is 10.7 Å². The van der Waals surface area contributed by atoms with Gasteiger partial charge in [-0.1, -0.05) is 19.1 Å². The van der Waals surface area contributed by atoms with Crippen LogP contribution in [0, 0.1) is 0 Å². The van der Waals surface area contributed by atoms with Crippen molar-refractivity contribution < 1.29 is 5.11 Å². The van der Waals surface area contributed by atoms with Crippen LogP contribution in [0.5, 0.6) is 0 Å². The molecular formula is C7H14O. The van der Waals surface area contributed by atoms with Crippen molar-refractivity contribution in [2.24, 2.45) is 0 Å². The second-order valence-electron chi connectivity index (χ2n) is 2.46. The van der Waals surface area contributed by atoms with Gasteiger partial charge in [-0.25, -0.2) is 0 Å². The SMILES string of the molecule is CCC=CC(C)(C)O. The molecule has 1 N–H and O–H groups in total. The Kier molecular flexibility index (Phi) is 2.77. The Balaban J connectivity index is 3.52. The number of rotatable bonds is 2. The van der Waals surface area contributed by atoms with Gasteiger partial charge in [-0.2, -0.15) is 0 Å². The van der Waals surface area contributed by atoms with E-state index < -0.39 is 5.60 Å². The summed E-state index contributed by atoms with van der Waals surface area (Å²) in [6.45, 7) is 5.57. The van der Waals surface area contributed by atoms with Crippen molar-refractivity contribution >= 4 is 0 Å². The number of hydrogen-bond acceptors (Lipinski definition) is 1. The average Bonchev–Trinajstić information content (AvgIpc) is 1.59. The highest BCUT2D eigenvalue weighted by molar-refractivity contribution is 4.94. The molecule has 48 valence electrons. The molecule has 1 heteroatoms. The van der Waals surface area contributed by atoms with E-state index in [-0.39, 0.29) is 0 Å². The van der Waals surface area contributed by atoms with E-state index in [1.807, 2.05) is 13.0 Å². The van der Waals surface area contributed by atoms with Crippen LogP contribution in [0.15, 0.2) is 12.2 Å². The summed E-state index contributed by atoms with van der Waals surface area (Å²) >= 11 is 0. The van der Waals surface area contributed by atoms with Gasteiger partial charge in [0.15, 0.2) is 0 Å². The second-order valence-corrected chi connectivity index (χ2v) is 2.46. The monoisotopic (exact) mass is 114 g/mol. The molecule has 0 aliphatic heterocycles. The Morgan fingerprint density at radius 2 is 2.00 bits per heavy atom. The van der Waals surface area contributed by atoms with Crippen LogP contribution >= 0.6 is 0 Å². The summed E-state index contributed by atoms with van der Waals surface area (Å²) in [6.07, 6.45) is 4.75. The van der Waals surface area contributed by atoms with Crippen molar-refractivity contribution in [2.45, 2.75) is 32.8 Å². The summed E-state index contributed by atoms with van der Waals surface area (Å²) in [4.78, 5) is 0. The predicted octanol–water partition coefficient (Wildman–Crippen LogP) is 1.72. The van der Waals surface area contributed by atoms with Crippen LogP contribution in [-0.2, 0) is 0 Å². The van der Waals surface area contributed by atoms with E-state index in [4.69, 9.17) is 5.11 Å². The molecule has 0 radical (unpaired) electrons. The Bertz CT molecular complexity index is 76.9. The van der Waals surface area contributed by atoms with Crippen LogP contribution in [0.2, 0.25) is 0 Å². The van der Waals surface area contributed by atoms with Crippen molar-refractivity contribution in [3.8, 4) is 0 Å². The predicted molar refractivity (Wildman–Crippen MR) is 35.7 cm³/mol. The normalized spacial score (nSPS) is 13.0. The van der Waals surface area contributed by atoms with Gasteiger partial charge in [0.1, 0.15) is 0 Å². The van der Waals surface area contributed by atoms with E-state index in [1.54, 1.807) is 19.9 Å². The first kappa shape index (κ1) is 7.70. The van der Waals surface area contributed by atoms with Crippen molar-refractivity contribution in [1.29, 1.82) is 0 Å². The van der Waals surface area contributed by atoms with Gasteiger partial charge in [0.2, 0.25) is 0 Å². The van der Waals surface area contributed by atoms with E-state index >= 15 is 0 Å². The Morgan fingerprint density at radius 1 is 1.50 bits per heavy atom. The molecule has 0 aliphatic carbocycles.